The van der Waals surface area contributed by atoms with Crippen LogP contribution in [0.3, 0.4) is 0 Å². The molecule has 4 heteroatoms. The number of allylic oxidation sites excluding steroid dienone is 1. The normalized spacial score (nSPS) is 17.3. The third-order valence-corrected chi connectivity index (χ3v) is 4.95. The first-order chi connectivity index (χ1) is 10.7. The summed E-state index contributed by atoms with van der Waals surface area (Å²) >= 11 is 1.82. The van der Waals surface area contributed by atoms with E-state index in [0.29, 0.717) is 0 Å². The number of anilines is 1. The molecule has 3 rings (SSSR count). The van der Waals surface area contributed by atoms with Gasteiger partial charge in [-0.25, -0.2) is 0 Å². The molecule has 2 aromatic rings. The van der Waals surface area contributed by atoms with Crippen molar-refractivity contribution in [1.29, 1.82) is 0 Å². The fourth-order valence-electron chi connectivity index (χ4n) is 2.54. The van der Waals surface area contributed by atoms with Gasteiger partial charge in [-0.3, -0.25) is 0 Å². The molecular formula is C18H19NO2S. The Hall–Kier alpha value is -2.07. The highest BCUT2D eigenvalue weighted by Gasteiger charge is 2.27. The van der Waals surface area contributed by atoms with E-state index >= 15 is 0 Å². The van der Waals surface area contributed by atoms with Crippen molar-refractivity contribution in [3.63, 3.8) is 0 Å². The van der Waals surface area contributed by atoms with Crippen LogP contribution in [0.4, 0.5) is 5.69 Å². The minimum Gasteiger partial charge on any atom is -0.497 e. The third kappa shape index (κ3) is 2.79. The second-order valence-electron chi connectivity index (χ2n) is 5.09. The van der Waals surface area contributed by atoms with E-state index in [4.69, 9.17) is 9.47 Å². The molecule has 1 aliphatic rings. The van der Waals surface area contributed by atoms with Gasteiger partial charge in [-0.05, 0) is 54.3 Å². The first-order valence-corrected chi connectivity index (χ1v) is 8.06. The van der Waals surface area contributed by atoms with Crippen LogP contribution in [0.5, 0.6) is 11.5 Å². The van der Waals surface area contributed by atoms with Crippen molar-refractivity contribution in [3.05, 3.63) is 65.2 Å². The van der Waals surface area contributed by atoms with Crippen LogP contribution in [-0.4, -0.2) is 14.2 Å². The van der Waals surface area contributed by atoms with Gasteiger partial charge >= 0.3 is 0 Å². The molecule has 1 unspecified atom stereocenters. The van der Waals surface area contributed by atoms with Gasteiger partial charge in [0.2, 0.25) is 0 Å². The van der Waals surface area contributed by atoms with E-state index in [0.717, 1.165) is 11.5 Å². The maximum Gasteiger partial charge on any atom is 0.119 e. The molecule has 22 heavy (non-hydrogen) atoms. The number of benzene rings is 2. The van der Waals surface area contributed by atoms with Crippen molar-refractivity contribution in [1.82, 2.24) is 0 Å². The van der Waals surface area contributed by atoms with E-state index in [1.165, 1.54) is 16.9 Å². The second-order valence-corrected chi connectivity index (χ2v) is 6.04. The highest BCUT2D eigenvalue weighted by atomic mass is 32.2. The Bertz CT molecular complexity index is 664. The number of hydrogen-bond acceptors (Lipinski definition) is 4. The molecule has 1 atom stereocenters. The molecule has 0 N–H and O–H groups in total. The summed E-state index contributed by atoms with van der Waals surface area (Å²) in [5.74, 6) is 1.76. The largest absolute Gasteiger partial charge is 0.497 e. The molecule has 0 saturated heterocycles. The number of nitrogens with zero attached hydrogens (tertiary/aromatic N) is 1. The van der Waals surface area contributed by atoms with Gasteiger partial charge in [0.15, 0.2) is 0 Å². The highest BCUT2D eigenvalue weighted by Crippen LogP contribution is 2.45. The zero-order valence-corrected chi connectivity index (χ0v) is 13.8. The quantitative estimate of drug-likeness (QED) is 0.807. The molecule has 0 amide bonds. The van der Waals surface area contributed by atoms with Gasteiger partial charge in [0.05, 0.1) is 14.2 Å². The first-order valence-electron chi connectivity index (χ1n) is 7.12. The van der Waals surface area contributed by atoms with Crippen LogP contribution in [0.25, 0.3) is 0 Å². The SMILES string of the molecule is COc1ccc(C2SC=C(C)N2c2ccc(OC)cc2)cc1. The molecule has 0 spiro atoms. The van der Waals surface area contributed by atoms with Gasteiger partial charge in [0.25, 0.3) is 0 Å². The Morgan fingerprint density at radius 2 is 1.41 bits per heavy atom. The van der Waals surface area contributed by atoms with Gasteiger partial charge in [0, 0.05) is 11.4 Å². The molecule has 0 aromatic heterocycles. The van der Waals surface area contributed by atoms with Gasteiger partial charge < -0.3 is 14.4 Å². The van der Waals surface area contributed by atoms with Crippen molar-refractivity contribution >= 4 is 17.4 Å². The van der Waals surface area contributed by atoms with Crippen molar-refractivity contribution in [2.75, 3.05) is 19.1 Å². The maximum atomic E-state index is 5.24. The molecule has 0 radical (unpaired) electrons. The Morgan fingerprint density at radius 1 is 0.864 bits per heavy atom. The number of ether oxygens (including phenoxy) is 2. The van der Waals surface area contributed by atoms with Crippen molar-refractivity contribution in [3.8, 4) is 11.5 Å². The van der Waals surface area contributed by atoms with Crippen LogP contribution in [0.15, 0.2) is 59.6 Å². The van der Waals surface area contributed by atoms with E-state index in [1.807, 2.05) is 36.0 Å². The van der Waals surface area contributed by atoms with Crippen LogP contribution in [0.1, 0.15) is 17.9 Å². The molecule has 0 fully saturated rings. The average Bonchev–Trinajstić information content (AvgIpc) is 2.96. The summed E-state index contributed by atoms with van der Waals surface area (Å²) in [5, 5.41) is 2.46. The third-order valence-electron chi connectivity index (χ3n) is 3.73. The van der Waals surface area contributed by atoms with Crippen LogP contribution in [0.2, 0.25) is 0 Å². The summed E-state index contributed by atoms with van der Waals surface area (Å²) in [5.41, 5.74) is 3.67. The lowest BCUT2D eigenvalue weighted by atomic mass is 10.1. The molecular weight excluding hydrogens is 294 g/mol. The summed E-state index contributed by atoms with van der Waals surface area (Å²) in [4.78, 5) is 2.34. The summed E-state index contributed by atoms with van der Waals surface area (Å²) < 4.78 is 10.5. The van der Waals surface area contributed by atoms with Gasteiger partial charge in [0.1, 0.15) is 16.9 Å². The molecule has 1 aliphatic heterocycles. The predicted molar refractivity (Wildman–Crippen MR) is 92.6 cm³/mol. The molecule has 2 aromatic carbocycles. The van der Waals surface area contributed by atoms with Gasteiger partial charge in [-0.15, -0.1) is 11.8 Å². The van der Waals surface area contributed by atoms with Crippen LogP contribution >= 0.6 is 11.8 Å². The van der Waals surface area contributed by atoms with Gasteiger partial charge in [-0.1, -0.05) is 12.1 Å². The highest BCUT2D eigenvalue weighted by molar-refractivity contribution is 8.02. The van der Waals surface area contributed by atoms with E-state index in [1.54, 1.807) is 14.2 Å². The lowest BCUT2D eigenvalue weighted by Gasteiger charge is -2.28. The van der Waals surface area contributed by atoms with E-state index in [2.05, 4.69) is 41.5 Å². The molecule has 1 heterocycles. The fraction of sp³-hybridized carbons (Fsp3) is 0.222. The average molecular weight is 313 g/mol. The minimum atomic E-state index is 0.249. The Kier molecular flexibility index (Phi) is 4.29. The number of thioether (sulfide) groups is 1. The van der Waals surface area contributed by atoms with Crippen molar-refractivity contribution < 1.29 is 9.47 Å². The predicted octanol–water partition coefficient (Wildman–Crippen LogP) is 4.82. The smallest absolute Gasteiger partial charge is 0.119 e. The lowest BCUT2D eigenvalue weighted by molar-refractivity contribution is 0.414. The number of methoxy groups -OCH3 is 2. The number of rotatable bonds is 4. The molecule has 114 valence electrons. The van der Waals surface area contributed by atoms with Crippen molar-refractivity contribution in [2.24, 2.45) is 0 Å². The first kappa shape index (κ1) is 14.9. The molecule has 3 nitrogen and oxygen atoms in total. The van der Waals surface area contributed by atoms with Crippen molar-refractivity contribution in [2.45, 2.75) is 12.3 Å². The summed E-state index contributed by atoms with van der Waals surface area (Å²) in [7, 11) is 3.38. The summed E-state index contributed by atoms with van der Waals surface area (Å²) in [6.45, 7) is 2.14. The molecule has 0 bridgehead atoms. The topological polar surface area (TPSA) is 21.7 Å². The molecule has 0 aliphatic carbocycles. The van der Waals surface area contributed by atoms with E-state index in [-0.39, 0.29) is 5.37 Å². The fourth-order valence-corrected chi connectivity index (χ4v) is 3.71. The van der Waals surface area contributed by atoms with Crippen LogP contribution < -0.4 is 14.4 Å². The van der Waals surface area contributed by atoms with E-state index < -0.39 is 0 Å². The minimum absolute atomic E-state index is 0.249. The Balaban J connectivity index is 1.90. The lowest BCUT2D eigenvalue weighted by Crippen LogP contribution is -2.20. The Labute approximate surface area is 135 Å². The van der Waals surface area contributed by atoms with Crippen LogP contribution in [0, 0.1) is 0 Å². The standard InChI is InChI=1S/C18H19NO2S/c1-13-12-22-18(14-4-8-16(20-2)9-5-14)19(13)15-6-10-17(21-3)11-7-15/h4-12,18H,1-3H3. The van der Waals surface area contributed by atoms with E-state index in [9.17, 15) is 0 Å². The zero-order valence-electron chi connectivity index (χ0n) is 12.9. The maximum absolute atomic E-state index is 5.24. The van der Waals surface area contributed by atoms with Crippen LogP contribution in [-0.2, 0) is 0 Å². The van der Waals surface area contributed by atoms with Gasteiger partial charge in [-0.2, -0.15) is 0 Å². The monoisotopic (exact) mass is 313 g/mol. The number of hydrogen-bond donors (Lipinski definition) is 0. The molecule has 0 saturated carbocycles. The zero-order chi connectivity index (χ0) is 15.5. The summed E-state index contributed by atoms with van der Waals surface area (Å²) in [6, 6.07) is 16.5. The summed E-state index contributed by atoms with van der Waals surface area (Å²) in [6.07, 6.45) is 0. The Morgan fingerprint density at radius 3 is 1.95 bits per heavy atom. The second kappa shape index (κ2) is 6.36.